The molecule has 2 aromatic carbocycles. The molecule has 3 rings (SSSR count). The number of nitro benzene ring substituents is 1. The van der Waals surface area contributed by atoms with Gasteiger partial charge in [-0.2, -0.15) is 0 Å². The average molecular weight is 366 g/mol. The lowest BCUT2D eigenvalue weighted by molar-refractivity contribution is -0.383. The molecule has 0 amide bonds. The summed E-state index contributed by atoms with van der Waals surface area (Å²) in [5.41, 5.74) is 2.53. The first-order valence-electron chi connectivity index (χ1n) is 8.57. The van der Waals surface area contributed by atoms with Crippen molar-refractivity contribution in [1.82, 2.24) is 9.88 Å². The predicted molar refractivity (Wildman–Crippen MR) is 106 cm³/mol. The van der Waals surface area contributed by atoms with Crippen molar-refractivity contribution >= 4 is 22.3 Å². The first-order valence-corrected chi connectivity index (χ1v) is 8.57. The Morgan fingerprint density at radius 1 is 1.22 bits per heavy atom. The van der Waals surface area contributed by atoms with E-state index in [0.717, 1.165) is 17.0 Å². The molecule has 0 radical (unpaired) electrons. The maximum absolute atomic E-state index is 11.3. The van der Waals surface area contributed by atoms with Crippen LogP contribution >= 0.6 is 0 Å². The Labute approximate surface area is 157 Å². The summed E-state index contributed by atoms with van der Waals surface area (Å²) in [5, 5.41) is 15.2. The van der Waals surface area contributed by atoms with Crippen LogP contribution in [0.5, 0.6) is 5.75 Å². The highest BCUT2D eigenvalue weighted by Crippen LogP contribution is 2.31. The van der Waals surface area contributed by atoms with Gasteiger partial charge in [0.05, 0.1) is 29.1 Å². The Morgan fingerprint density at radius 3 is 2.74 bits per heavy atom. The number of aromatic nitrogens is 1. The lowest BCUT2D eigenvalue weighted by atomic mass is 10.0. The highest BCUT2D eigenvalue weighted by molar-refractivity contribution is 5.96. The van der Waals surface area contributed by atoms with Gasteiger partial charge in [0, 0.05) is 18.8 Å². The molecule has 3 aromatic rings. The molecule has 0 aliphatic heterocycles. The Balaban J connectivity index is 1.90. The molecule has 1 N–H and O–H groups in total. The second-order valence-corrected chi connectivity index (χ2v) is 6.43. The van der Waals surface area contributed by atoms with Gasteiger partial charge in [0.25, 0.3) is 5.69 Å². The Kier molecular flexibility index (Phi) is 5.52. The molecule has 7 nitrogen and oxygen atoms in total. The van der Waals surface area contributed by atoms with Crippen LogP contribution in [0.4, 0.5) is 11.4 Å². The summed E-state index contributed by atoms with van der Waals surface area (Å²) in [6.07, 6.45) is 1.64. The topological polar surface area (TPSA) is 80.5 Å². The zero-order valence-corrected chi connectivity index (χ0v) is 15.5. The van der Waals surface area contributed by atoms with Gasteiger partial charge in [-0.1, -0.05) is 12.1 Å². The number of anilines is 1. The number of methoxy groups -OCH3 is 1. The molecule has 0 saturated carbocycles. The van der Waals surface area contributed by atoms with Crippen molar-refractivity contribution in [2.24, 2.45) is 0 Å². The van der Waals surface area contributed by atoms with Crippen molar-refractivity contribution in [2.75, 3.05) is 33.1 Å². The molecule has 0 spiro atoms. The largest absolute Gasteiger partial charge is 0.497 e. The molecule has 27 heavy (non-hydrogen) atoms. The third-order valence-corrected chi connectivity index (χ3v) is 4.53. The average Bonchev–Trinajstić information content (AvgIpc) is 2.67. The van der Waals surface area contributed by atoms with Crippen molar-refractivity contribution in [3.05, 3.63) is 70.4 Å². The number of hydrogen-bond donors (Lipinski definition) is 1. The van der Waals surface area contributed by atoms with Crippen LogP contribution in [0.2, 0.25) is 0 Å². The molecule has 140 valence electrons. The minimum Gasteiger partial charge on any atom is -0.497 e. The smallest absolute Gasteiger partial charge is 0.278 e. The molecule has 0 aliphatic rings. The number of nitro groups is 1. The minimum atomic E-state index is -0.382. The van der Waals surface area contributed by atoms with Gasteiger partial charge in [0.15, 0.2) is 0 Å². The first-order chi connectivity index (χ1) is 13.0. The van der Waals surface area contributed by atoms with E-state index >= 15 is 0 Å². The Hall–Kier alpha value is -3.19. The van der Waals surface area contributed by atoms with Crippen LogP contribution in [0.1, 0.15) is 11.6 Å². The fourth-order valence-electron chi connectivity index (χ4n) is 3.11. The van der Waals surface area contributed by atoms with Gasteiger partial charge in [-0.15, -0.1) is 0 Å². The van der Waals surface area contributed by atoms with Crippen molar-refractivity contribution in [2.45, 2.75) is 6.04 Å². The summed E-state index contributed by atoms with van der Waals surface area (Å²) in [6.45, 7) is 0.615. The number of pyridine rings is 1. The normalized spacial score (nSPS) is 12.1. The summed E-state index contributed by atoms with van der Waals surface area (Å²) in [5.74, 6) is 0.807. The van der Waals surface area contributed by atoms with Crippen molar-refractivity contribution in [3.8, 4) is 5.75 Å². The number of ether oxygens (including phenoxy) is 1. The van der Waals surface area contributed by atoms with Gasteiger partial charge >= 0.3 is 0 Å². The monoisotopic (exact) mass is 366 g/mol. The van der Waals surface area contributed by atoms with Gasteiger partial charge in [-0.05, 0) is 50.0 Å². The van der Waals surface area contributed by atoms with Crippen LogP contribution in [0.15, 0.2) is 54.7 Å². The summed E-state index contributed by atoms with van der Waals surface area (Å²) < 4.78 is 5.33. The van der Waals surface area contributed by atoms with Gasteiger partial charge in [-0.25, -0.2) is 0 Å². The van der Waals surface area contributed by atoms with Crippen LogP contribution in [0.3, 0.4) is 0 Å². The summed E-state index contributed by atoms with van der Waals surface area (Å²) in [6, 6.07) is 14.7. The lowest BCUT2D eigenvalue weighted by Crippen LogP contribution is -2.27. The molecule has 7 heteroatoms. The molecule has 1 atom stereocenters. The summed E-state index contributed by atoms with van der Waals surface area (Å²) in [7, 11) is 5.67. The number of benzene rings is 2. The molecular formula is C20H22N4O3. The third-order valence-electron chi connectivity index (χ3n) is 4.53. The van der Waals surface area contributed by atoms with Crippen LogP contribution in [0.25, 0.3) is 10.9 Å². The second-order valence-electron chi connectivity index (χ2n) is 6.43. The van der Waals surface area contributed by atoms with E-state index in [1.807, 2.05) is 32.3 Å². The quantitative estimate of drug-likeness (QED) is 0.505. The molecule has 1 heterocycles. The van der Waals surface area contributed by atoms with Crippen molar-refractivity contribution in [3.63, 3.8) is 0 Å². The number of nitrogens with zero attached hydrogens (tertiary/aromatic N) is 3. The van der Waals surface area contributed by atoms with Crippen LogP contribution < -0.4 is 10.1 Å². The first kappa shape index (κ1) is 18.6. The molecule has 0 bridgehead atoms. The number of non-ortho nitro benzene ring substituents is 1. The Morgan fingerprint density at radius 2 is 2.04 bits per heavy atom. The highest BCUT2D eigenvalue weighted by atomic mass is 16.6. The zero-order chi connectivity index (χ0) is 19.4. The van der Waals surface area contributed by atoms with Crippen LogP contribution in [0, 0.1) is 10.1 Å². The number of likely N-dealkylation sites (N-methyl/N-ethyl adjacent to an activating group) is 1. The predicted octanol–water partition coefficient (Wildman–Crippen LogP) is 3.87. The standard InChI is InChI=1S/C20H22N4O3/c1-23(2)19(14-6-4-7-15(12-14)27-3)13-22-17-9-10-18(24(25)26)16-8-5-11-21-20(16)17/h4-12,19,22H,13H2,1-3H3. The number of rotatable bonds is 7. The zero-order valence-electron chi connectivity index (χ0n) is 15.5. The fourth-order valence-corrected chi connectivity index (χ4v) is 3.11. The van der Waals surface area contributed by atoms with E-state index in [2.05, 4.69) is 21.3 Å². The summed E-state index contributed by atoms with van der Waals surface area (Å²) >= 11 is 0. The molecular weight excluding hydrogens is 344 g/mol. The van der Waals surface area contributed by atoms with Crippen LogP contribution in [-0.2, 0) is 0 Å². The van der Waals surface area contributed by atoms with E-state index in [-0.39, 0.29) is 16.7 Å². The van der Waals surface area contributed by atoms with E-state index in [9.17, 15) is 10.1 Å². The van der Waals surface area contributed by atoms with Crippen molar-refractivity contribution < 1.29 is 9.66 Å². The van der Waals surface area contributed by atoms with E-state index in [0.29, 0.717) is 17.4 Å². The fraction of sp³-hybridized carbons (Fsp3) is 0.250. The lowest BCUT2D eigenvalue weighted by Gasteiger charge is -2.26. The van der Waals surface area contributed by atoms with E-state index in [1.54, 1.807) is 31.5 Å². The summed E-state index contributed by atoms with van der Waals surface area (Å²) in [4.78, 5) is 17.3. The van der Waals surface area contributed by atoms with Gasteiger partial charge in [-0.3, -0.25) is 15.1 Å². The van der Waals surface area contributed by atoms with Gasteiger partial charge in [0.2, 0.25) is 0 Å². The molecule has 0 saturated heterocycles. The number of fused-ring (bicyclic) bond motifs is 1. The van der Waals surface area contributed by atoms with E-state index in [1.165, 1.54) is 6.07 Å². The minimum absolute atomic E-state index is 0.0561. The van der Waals surface area contributed by atoms with Crippen LogP contribution in [-0.4, -0.2) is 42.6 Å². The van der Waals surface area contributed by atoms with E-state index in [4.69, 9.17) is 4.74 Å². The SMILES string of the molecule is COc1cccc(C(CNc2ccc([N+](=O)[O-])c3cccnc23)N(C)C)c1. The number of hydrogen-bond acceptors (Lipinski definition) is 6. The van der Waals surface area contributed by atoms with E-state index < -0.39 is 0 Å². The molecule has 0 aliphatic carbocycles. The maximum Gasteiger partial charge on any atom is 0.278 e. The molecule has 1 unspecified atom stereocenters. The molecule has 1 aromatic heterocycles. The maximum atomic E-state index is 11.3. The highest BCUT2D eigenvalue weighted by Gasteiger charge is 2.18. The van der Waals surface area contributed by atoms with Crippen molar-refractivity contribution in [1.29, 1.82) is 0 Å². The molecule has 0 fully saturated rings. The number of nitrogens with one attached hydrogen (secondary N) is 1. The third kappa shape index (κ3) is 3.98. The van der Waals surface area contributed by atoms with Gasteiger partial charge in [0.1, 0.15) is 11.3 Å². The van der Waals surface area contributed by atoms with Gasteiger partial charge < -0.3 is 15.0 Å². The Bertz CT molecular complexity index is 959. The second kappa shape index (κ2) is 8.01.